The van der Waals surface area contributed by atoms with Crippen molar-refractivity contribution in [2.24, 2.45) is 5.92 Å². The molecule has 4 rings (SSSR count). The highest BCUT2D eigenvalue weighted by Crippen LogP contribution is 2.28. The van der Waals surface area contributed by atoms with E-state index in [-0.39, 0.29) is 5.91 Å². The van der Waals surface area contributed by atoms with Crippen LogP contribution in [0.15, 0.2) is 60.4 Å². The number of carbonyl (C=O) groups is 1. The maximum atomic E-state index is 13.0. The second-order valence-electron chi connectivity index (χ2n) is 7.33. The predicted molar refractivity (Wildman–Crippen MR) is 110 cm³/mol. The zero-order valence-electron chi connectivity index (χ0n) is 16.2. The molecule has 2 aromatic rings. The normalized spacial score (nSPS) is 17.5. The molecule has 2 aliphatic rings. The van der Waals surface area contributed by atoms with Crippen molar-refractivity contribution in [2.75, 3.05) is 33.4 Å². The van der Waals surface area contributed by atoms with E-state index in [2.05, 4.69) is 16.4 Å². The molecule has 5 nitrogen and oxygen atoms in total. The number of fused-ring (bicyclic) bond motifs is 1. The molecule has 5 heteroatoms. The molecular weight excluding hydrogens is 352 g/mol. The fourth-order valence-electron chi connectivity index (χ4n) is 3.93. The van der Waals surface area contributed by atoms with Gasteiger partial charge in [-0.1, -0.05) is 24.3 Å². The lowest BCUT2D eigenvalue weighted by molar-refractivity contribution is 0.0583. The van der Waals surface area contributed by atoms with Crippen LogP contribution < -0.4 is 10.1 Å². The van der Waals surface area contributed by atoms with E-state index in [0.29, 0.717) is 18.0 Å². The molecule has 0 bridgehead atoms. The smallest absolute Gasteiger partial charge is 0.256 e. The van der Waals surface area contributed by atoms with Gasteiger partial charge < -0.3 is 19.7 Å². The number of ether oxygens (including phenoxy) is 2. The van der Waals surface area contributed by atoms with Crippen LogP contribution >= 0.6 is 0 Å². The first kappa shape index (κ1) is 18.6. The topological polar surface area (TPSA) is 50.8 Å². The third-order valence-corrected chi connectivity index (χ3v) is 5.42. The van der Waals surface area contributed by atoms with Gasteiger partial charge in [-0.05, 0) is 54.6 Å². The van der Waals surface area contributed by atoms with Crippen LogP contribution in [-0.4, -0.2) is 44.2 Å². The highest BCUT2D eigenvalue weighted by atomic mass is 16.5. The van der Waals surface area contributed by atoms with E-state index in [1.807, 2.05) is 48.6 Å². The first-order valence-corrected chi connectivity index (χ1v) is 9.81. The summed E-state index contributed by atoms with van der Waals surface area (Å²) in [4.78, 5) is 15.2. The van der Waals surface area contributed by atoms with Gasteiger partial charge in [-0.15, -0.1) is 0 Å². The molecule has 2 aromatic carbocycles. The highest BCUT2D eigenvalue weighted by molar-refractivity contribution is 6.09. The molecule has 1 amide bonds. The second-order valence-corrected chi connectivity index (χ2v) is 7.33. The Morgan fingerprint density at radius 2 is 1.96 bits per heavy atom. The van der Waals surface area contributed by atoms with Crippen LogP contribution in [0.4, 0.5) is 0 Å². The molecule has 0 aromatic heterocycles. The minimum Gasteiger partial charge on any atom is -0.496 e. The molecule has 0 radical (unpaired) electrons. The van der Waals surface area contributed by atoms with E-state index < -0.39 is 0 Å². The molecule has 1 N–H and O–H groups in total. The van der Waals surface area contributed by atoms with Gasteiger partial charge in [0.15, 0.2) is 0 Å². The van der Waals surface area contributed by atoms with Gasteiger partial charge in [0.1, 0.15) is 5.75 Å². The molecule has 146 valence electrons. The number of hydrogen-bond donors (Lipinski definition) is 1. The van der Waals surface area contributed by atoms with Crippen LogP contribution in [0.2, 0.25) is 0 Å². The lowest BCUT2D eigenvalue weighted by Gasteiger charge is -2.31. The Labute approximate surface area is 165 Å². The van der Waals surface area contributed by atoms with Gasteiger partial charge in [0.2, 0.25) is 0 Å². The predicted octanol–water partition coefficient (Wildman–Crippen LogP) is 3.72. The number of rotatable bonds is 5. The van der Waals surface area contributed by atoms with Crippen molar-refractivity contribution in [3.63, 3.8) is 0 Å². The Kier molecular flexibility index (Phi) is 5.63. The number of benzene rings is 2. The SMILES string of the molecule is COc1ccc(C(=O)NC2=CC=CN(CC3CCOCC3)C2)c2ccccc12. The Morgan fingerprint density at radius 3 is 2.75 bits per heavy atom. The largest absolute Gasteiger partial charge is 0.496 e. The summed E-state index contributed by atoms with van der Waals surface area (Å²) in [6, 6.07) is 11.5. The average Bonchev–Trinajstić information content (AvgIpc) is 2.74. The van der Waals surface area contributed by atoms with Crippen LogP contribution in [0.25, 0.3) is 10.8 Å². The van der Waals surface area contributed by atoms with Crippen molar-refractivity contribution >= 4 is 16.7 Å². The van der Waals surface area contributed by atoms with Gasteiger partial charge in [-0.25, -0.2) is 0 Å². The standard InChI is InChI=1S/C23H26N2O3/c1-27-22-9-8-21(19-6-2-3-7-20(19)22)23(26)24-18-5-4-12-25(16-18)15-17-10-13-28-14-11-17/h2-9,12,17H,10-11,13-16H2,1H3,(H,24,26). The second kappa shape index (κ2) is 8.48. The molecule has 1 fully saturated rings. The summed E-state index contributed by atoms with van der Waals surface area (Å²) in [6.45, 7) is 3.42. The van der Waals surface area contributed by atoms with Crippen molar-refractivity contribution in [2.45, 2.75) is 12.8 Å². The van der Waals surface area contributed by atoms with Crippen molar-refractivity contribution in [1.29, 1.82) is 0 Å². The van der Waals surface area contributed by atoms with Gasteiger partial charge in [-0.3, -0.25) is 4.79 Å². The Hall–Kier alpha value is -2.79. The fourth-order valence-corrected chi connectivity index (χ4v) is 3.93. The summed E-state index contributed by atoms with van der Waals surface area (Å²) >= 11 is 0. The van der Waals surface area contributed by atoms with Crippen LogP contribution in [0.3, 0.4) is 0 Å². The molecule has 2 aliphatic heterocycles. The van der Waals surface area contributed by atoms with E-state index in [1.165, 1.54) is 0 Å². The summed E-state index contributed by atoms with van der Waals surface area (Å²) < 4.78 is 10.9. The van der Waals surface area contributed by atoms with Crippen molar-refractivity contribution in [1.82, 2.24) is 10.2 Å². The summed E-state index contributed by atoms with van der Waals surface area (Å²) in [5.74, 6) is 1.33. The summed E-state index contributed by atoms with van der Waals surface area (Å²) in [6.07, 6.45) is 8.30. The van der Waals surface area contributed by atoms with Gasteiger partial charge in [0.05, 0.1) is 13.7 Å². The Bertz CT molecular complexity index is 913. The average molecular weight is 378 g/mol. The van der Waals surface area contributed by atoms with Crippen LogP contribution in [0.5, 0.6) is 5.75 Å². The quantitative estimate of drug-likeness (QED) is 0.862. The minimum atomic E-state index is -0.0913. The lowest BCUT2D eigenvalue weighted by Crippen LogP contribution is -2.35. The van der Waals surface area contributed by atoms with Crippen LogP contribution in [0.1, 0.15) is 23.2 Å². The van der Waals surface area contributed by atoms with Crippen molar-refractivity contribution < 1.29 is 14.3 Å². The number of hydrogen-bond acceptors (Lipinski definition) is 4. The molecule has 0 unspecified atom stereocenters. The third-order valence-electron chi connectivity index (χ3n) is 5.42. The van der Waals surface area contributed by atoms with Gasteiger partial charge in [0, 0.05) is 36.4 Å². The van der Waals surface area contributed by atoms with Crippen molar-refractivity contribution in [3.05, 3.63) is 66.0 Å². The zero-order valence-corrected chi connectivity index (χ0v) is 16.2. The third kappa shape index (κ3) is 4.04. The lowest BCUT2D eigenvalue weighted by atomic mass is 9.99. The Morgan fingerprint density at radius 1 is 1.18 bits per heavy atom. The maximum absolute atomic E-state index is 13.0. The van der Waals surface area contributed by atoms with Gasteiger partial charge >= 0.3 is 0 Å². The summed E-state index contributed by atoms with van der Waals surface area (Å²) in [7, 11) is 1.65. The first-order chi connectivity index (χ1) is 13.7. The molecule has 1 saturated heterocycles. The molecule has 2 heterocycles. The number of allylic oxidation sites excluding steroid dienone is 2. The molecular formula is C23H26N2O3. The summed E-state index contributed by atoms with van der Waals surface area (Å²) in [5.41, 5.74) is 1.57. The Balaban J connectivity index is 1.46. The first-order valence-electron chi connectivity index (χ1n) is 9.81. The van der Waals surface area contributed by atoms with Crippen molar-refractivity contribution in [3.8, 4) is 5.75 Å². The van der Waals surface area contributed by atoms with E-state index in [1.54, 1.807) is 7.11 Å². The van der Waals surface area contributed by atoms with E-state index in [4.69, 9.17) is 9.47 Å². The zero-order chi connectivity index (χ0) is 19.3. The summed E-state index contributed by atoms with van der Waals surface area (Å²) in [5, 5.41) is 4.93. The molecule has 0 aliphatic carbocycles. The van der Waals surface area contributed by atoms with Gasteiger partial charge in [0.25, 0.3) is 5.91 Å². The molecule has 0 spiro atoms. The number of amides is 1. The minimum absolute atomic E-state index is 0.0913. The molecule has 0 atom stereocenters. The maximum Gasteiger partial charge on any atom is 0.256 e. The van der Waals surface area contributed by atoms with Gasteiger partial charge in [-0.2, -0.15) is 0 Å². The van der Waals surface area contributed by atoms with Crippen LogP contribution in [0, 0.1) is 5.92 Å². The number of carbonyl (C=O) groups excluding carboxylic acids is 1. The number of nitrogens with zero attached hydrogens (tertiary/aromatic N) is 1. The number of nitrogens with one attached hydrogen (secondary N) is 1. The molecule has 28 heavy (non-hydrogen) atoms. The monoisotopic (exact) mass is 378 g/mol. The highest BCUT2D eigenvalue weighted by Gasteiger charge is 2.19. The van der Waals surface area contributed by atoms with Crippen LogP contribution in [-0.2, 0) is 4.74 Å². The molecule has 0 saturated carbocycles. The van der Waals surface area contributed by atoms with E-state index in [9.17, 15) is 4.79 Å². The van der Waals surface area contributed by atoms with E-state index in [0.717, 1.165) is 54.8 Å². The number of methoxy groups -OCH3 is 1. The fraction of sp³-hybridized carbons (Fsp3) is 0.348. The van der Waals surface area contributed by atoms with E-state index >= 15 is 0 Å².